The summed E-state index contributed by atoms with van der Waals surface area (Å²) in [6, 6.07) is 0. The fourth-order valence-corrected chi connectivity index (χ4v) is 4.92. The number of fused-ring (bicyclic) bond motifs is 2. The first-order chi connectivity index (χ1) is 12.2. The van der Waals surface area contributed by atoms with Crippen molar-refractivity contribution >= 4 is 0 Å². The van der Waals surface area contributed by atoms with Crippen LogP contribution in [-0.2, 0) is 9.47 Å². The van der Waals surface area contributed by atoms with Gasteiger partial charge in [0.1, 0.15) is 0 Å². The Morgan fingerprint density at radius 1 is 1.08 bits per heavy atom. The number of hydrogen-bond acceptors (Lipinski definition) is 4. The minimum absolute atomic E-state index is 0.130. The van der Waals surface area contributed by atoms with E-state index >= 15 is 0 Å². The minimum atomic E-state index is -0.398. The van der Waals surface area contributed by atoms with Crippen LogP contribution in [0, 0.1) is 17.8 Å². The van der Waals surface area contributed by atoms with Gasteiger partial charge in [0.15, 0.2) is 5.79 Å². The molecule has 2 saturated carbocycles. The molecule has 3 fully saturated rings. The van der Waals surface area contributed by atoms with Gasteiger partial charge in [-0.05, 0) is 18.8 Å². The highest BCUT2D eigenvalue weighted by Crippen LogP contribution is 2.59. The molecule has 144 valence electrons. The molecule has 0 aromatic rings. The predicted molar refractivity (Wildman–Crippen MR) is 98.1 cm³/mol. The molecule has 2 aliphatic carbocycles. The Morgan fingerprint density at radius 2 is 1.76 bits per heavy atom. The summed E-state index contributed by atoms with van der Waals surface area (Å²) >= 11 is 0. The van der Waals surface area contributed by atoms with E-state index in [-0.39, 0.29) is 18.1 Å². The van der Waals surface area contributed by atoms with Crippen molar-refractivity contribution in [2.75, 3.05) is 13.2 Å². The summed E-state index contributed by atoms with van der Waals surface area (Å²) < 4.78 is 11.6. The fourth-order valence-electron chi connectivity index (χ4n) is 4.92. The lowest BCUT2D eigenvalue weighted by atomic mass is 9.69. The zero-order chi connectivity index (χ0) is 17.7. The van der Waals surface area contributed by atoms with E-state index < -0.39 is 5.79 Å². The molecule has 5 atom stereocenters. The second kappa shape index (κ2) is 8.98. The normalized spacial score (nSPS) is 34.5. The van der Waals surface area contributed by atoms with Crippen molar-refractivity contribution in [1.29, 1.82) is 0 Å². The lowest BCUT2D eigenvalue weighted by Crippen LogP contribution is -2.54. The van der Waals surface area contributed by atoms with Gasteiger partial charge < -0.3 is 19.7 Å². The molecule has 3 rings (SSSR count). The molecule has 0 amide bonds. The van der Waals surface area contributed by atoms with Gasteiger partial charge in [0.25, 0.3) is 0 Å². The van der Waals surface area contributed by atoms with Crippen LogP contribution in [0.4, 0.5) is 0 Å². The summed E-state index contributed by atoms with van der Waals surface area (Å²) in [5, 5.41) is 20.7. The Morgan fingerprint density at radius 3 is 2.48 bits per heavy atom. The van der Waals surface area contributed by atoms with Gasteiger partial charge in [-0.2, -0.15) is 0 Å². The van der Waals surface area contributed by atoms with E-state index in [0.29, 0.717) is 25.0 Å². The molecule has 1 saturated heterocycles. The van der Waals surface area contributed by atoms with Crippen LogP contribution in [-0.4, -0.2) is 41.4 Å². The minimum Gasteiger partial charge on any atom is -0.392 e. The summed E-state index contributed by atoms with van der Waals surface area (Å²) in [4.78, 5) is 0. The molecular weight excluding hydrogens is 316 g/mol. The number of rotatable bonds is 10. The third kappa shape index (κ3) is 4.47. The Labute approximate surface area is 152 Å². The summed E-state index contributed by atoms with van der Waals surface area (Å²) in [6.07, 6.45) is 14.7. The molecule has 2 unspecified atom stereocenters. The van der Waals surface area contributed by atoms with E-state index in [4.69, 9.17) is 9.47 Å². The van der Waals surface area contributed by atoms with Gasteiger partial charge >= 0.3 is 0 Å². The monoisotopic (exact) mass is 352 g/mol. The molecule has 0 radical (unpaired) electrons. The van der Waals surface area contributed by atoms with Gasteiger partial charge in [0.05, 0.1) is 25.4 Å². The highest BCUT2D eigenvalue weighted by molar-refractivity contribution is 5.13. The van der Waals surface area contributed by atoms with Crippen molar-refractivity contribution in [2.45, 2.75) is 89.1 Å². The average molecular weight is 353 g/mol. The fraction of sp³-hybridized carbons (Fsp3) is 0.905. The van der Waals surface area contributed by atoms with E-state index in [0.717, 1.165) is 25.7 Å². The largest absolute Gasteiger partial charge is 0.392 e. The second-order valence-electron chi connectivity index (χ2n) is 8.24. The van der Waals surface area contributed by atoms with Crippen LogP contribution >= 0.6 is 0 Å². The Hall–Kier alpha value is -0.420. The van der Waals surface area contributed by atoms with Crippen molar-refractivity contribution in [1.82, 2.24) is 0 Å². The van der Waals surface area contributed by atoms with Gasteiger partial charge in [-0.3, -0.25) is 0 Å². The SMILES string of the molecule is CCCCCCCCC[C@H](O)C=CC1C[C@H]2[C@@H](CC23OCCO3)C1O. The molecule has 1 heterocycles. The van der Waals surface area contributed by atoms with Crippen LogP contribution in [0.3, 0.4) is 0 Å². The molecule has 1 aliphatic heterocycles. The van der Waals surface area contributed by atoms with Crippen molar-refractivity contribution in [2.24, 2.45) is 17.8 Å². The van der Waals surface area contributed by atoms with Crippen molar-refractivity contribution < 1.29 is 19.7 Å². The second-order valence-corrected chi connectivity index (χ2v) is 8.24. The molecule has 2 N–H and O–H groups in total. The summed E-state index contributed by atoms with van der Waals surface area (Å²) in [5.41, 5.74) is 0. The standard InChI is InChI=1S/C21H36O4/c1-2-3-4-5-6-7-8-9-17(22)11-10-16-14-19-18(20(16)23)15-21(19)24-12-13-25-21/h10-11,16-20,22-23H,2-9,12-15H2,1H3/t16?,17-,18+,19-,20?/m0/s1. The van der Waals surface area contributed by atoms with Crippen LogP contribution in [0.2, 0.25) is 0 Å². The highest BCUT2D eigenvalue weighted by atomic mass is 16.7. The molecule has 3 aliphatic rings. The molecular formula is C21H36O4. The maximum Gasteiger partial charge on any atom is 0.172 e. The topological polar surface area (TPSA) is 58.9 Å². The molecule has 4 heteroatoms. The van der Waals surface area contributed by atoms with Gasteiger partial charge in [0, 0.05) is 18.3 Å². The lowest BCUT2D eigenvalue weighted by Gasteiger charge is -2.48. The van der Waals surface area contributed by atoms with E-state index in [1.54, 1.807) is 0 Å². The molecule has 1 spiro atoms. The number of aliphatic hydroxyl groups excluding tert-OH is 2. The molecule has 25 heavy (non-hydrogen) atoms. The summed E-state index contributed by atoms with van der Waals surface area (Å²) in [7, 11) is 0. The smallest absolute Gasteiger partial charge is 0.172 e. The first-order valence-electron chi connectivity index (χ1n) is 10.5. The third-order valence-electron chi connectivity index (χ3n) is 6.47. The van der Waals surface area contributed by atoms with Gasteiger partial charge in [-0.25, -0.2) is 0 Å². The maximum atomic E-state index is 10.5. The number of unbranched alkanes of at least 4 members (excludes halogenated alkanes) is 6. The number of ether oxygens (including phenoxy) is 2. The first-order valence-corrected chi connectivity index (χ1v) is 10.5. The van der Waals surface area contributed by atoms with Gasteiger partial charge in [-0.15, -0.1) is 0 Å². The van der Waals surface area contributed by atoms with Crippen LogP contribution < -0.4 is 0 Å². The van der Waals surface area contributed by atoms with E-state index in [2.05, 4.69) is 6.92 Å². The van der Waals surface area contributed by atoms with Crippen LogP contribution in [0.5, 0.6) is 0 Å². The first kappa shape index (κ1) is 19.3. The number of hydrogen-bond donors (Lipinski definition) is 2. The molecule has 0 aromatic heterocycles. The highest BCUT2D eigenvalue weighted by Gasteiger charge is 2.64. The quantitative estimate of drug-likeness (QED) is 0.464. The van der Waals surface area contributed by atoms with Gasteiger partial charge in [-0.1, -0.05) is 64.0 Å². The van der Waals surface area contributed by atoms with E-state index in [9.17, 15) is 10.2 Å². The van der Waals surface area contributed by atoms with Gasteiger partial charge in [0.2, 0.25) is 0 Å². The summed E-state index contributed by atoms with van der Waals surface area (Å²) in [5.74, 6) is 0.351. The molecule has 0 bridgehead atoms. The van der Waals surface area contributed by atoms with Crippen molar-refractivity contribution in [3.8, 4) is 0 Å². The Bertz CT molecular complexity index is 430. The third-order valence-corrected chi connectivity index (χ3v) is 6.47. The van der Waals surface area contributed by atoms with Crippen LogP contribution in [0.15, 0.2) is 12.2 Å². The zero-order valence-corrected chi connectivity index (χ0v) is 15.7. The van der Waals surface area contributed by atoms with E-state index in [1.165, 1.54) is 38.5 Å². The van der Waals surface area contributed by atoms with Crippen molar-refractivity contribution in [3.05, 3.63) is 12.2 Å². The average Bonchev–Trinajstić information content (AvgIpc) is 3.18. The summed E-state index contributed by atoms with van der Waals surface area (Å²) in [6.45, 7) is 3.59. The molecule has 4 nitrogen and oxygen atoms in total. The Balaban J connectivity index is 1.33. The maximum absolute atomic E-state index is 10.5. The van der Waals surface area contributed by atoms with Crippen molar-refractivity contribution in [3.63, 3.8) is 0 Å². The van der Waals surface area contributed by atoms with Crippen LogP contribution in [0.1, 0.15) is 71.1 Å². The predicted octanol–water partition coefficient (Wildman–Crippen LogP) is 3.80. The van der Waals surface area contributed by atoms with E-state index in [1.807, 2.05) is 12.2 Å². The lowest BCUT2D eigenvalue weighted by molar-refractivity contribution is -0.275. The number of aliphatic hydroxyl groups is 2. The molecule has 0 aromatic carbocycles. The van der Waals surface area contributed by atoms with Crippen LogP contribution in [0.25, 0.3) is 0 Å². The Kier molecular flexibility index (Phi) is 6.95. The zero-order valence-electron chi connectivity index (χ0n) is 15.7.